The number of halogens is 4. The summed E-state index contributed by atoms with van der Waals surface area (Å²) in [5.41, 5.74) is 2.21. The van der Waals surface area contributed by atoms with Crippen LogP contribution in [0.5, 0.6) is 0 Å². The number of nitrogens with one attached hydrogen (secondary N) is 1. The second kappa shape index (κ2) is 11.1. The molecule has 1 amide bonds. The maximum absolute atomic E-state index is 14.0. The first-order valence-electron chi connectivity index (χ1n) is 12.5. The summed E-state index contributed by atoms with van der Waals surface area (Å²) in [6.45, 7) is 5.03. The Hall–Kier alpha value is -3.88. The van der Waals surface area contributed by atoms with Gasteiger partial charge < -0.3 is 14.8 Å². The number of alkyl carbamates (subject to hydrolysis) is 1. The number of alkyl halides is 3. The van der Waals surface area contributed by atoms with E-state index in [0.29, 0.717) is 6.07 Å². The average molecular weight is 544 g/mol. The van der Waals surface area contributed by atoms with Crippen molar-refractivity contribution in [2.75, 3.05) is 6.61 Å². The van der Waals surface area contributed by atoms with E-state index in [4.69, 9.17) is 9.47 Å². The molecule has 1 atom stereocenters. The Morgan fingerprint density at radius 1 is 0.923 bits per heavy atom. The van der Waals surface area contributed by atoms with E-state index in [9.17, 15) is 27.2 Å². The van der Waals surface area contributed by atoms with E-state index < -0.39 is 41.3 Å². The van der Waals surface area contributed by atoms with Gasteiger partial charge in [0.25, 0.3) is 0 Å². The van der Waals surface area contributed by atoms with Crippen LogP contribution in [0.3, 0.4) is 0 Å². The van der Waals surface area contributed by atoms with Gasteiger partial charge in [0.05, 0.1) is 5.56 Å². The van der Waals surface area contributed by atoms with Gasteiger partial charge in [-0.1, -0.05) is 54.6 Å². The van der Waals surface area contributed by atoms with Gasteiger partial charge in [0.15, 0.2) is 0 Å². The Kier molecular flexibility index (Phi) is 7.99. The van der Waals surface area contributed by atoms with E-state index in [1.807, 2.05) is 48.5 Å². The summed E-state index contributed by atoms with van der Waals surface area (Å²) < 4.78 is 63.6. The van der Waals surface area contributed by atoms with Gasteiger partial charge in [-0.2, -0.15) is 13.2 Å². The lowest BCUT2D eigenvalue weighted by Crippen LogP contribution is -2.45. The van der Waals surface area contributed by atoms with Crippen molar-refractivity contribution in [1.82, 2.24) is 5.32 Å². The van der Waals surface area contributed by atoms with Crippen LogP contribution >= 0.6 is 0 Å². The zero-order valence-corrected chi connectivity index (χ0v) is 21.8. The highest BCUT2D eigenvalue weighted by atomic mass is 19.4. The van der Waals surface area contributed by atoms with E-state index >= 15 is 0 Å². The summed E-state index contributed by atoms with van der Waals surface area (Å²) >= 11 is 0. The SMILES string of the molecule is CC(C)(C)OC(=O)C(CCc1ccc(C(F)(F)F)c(F)c1)NC(=O)OCC1c2ccccc2-c2ccccc21. The quantitative estimate of drug-likeness (QED) is 0.257. The molecule has 3 aromatic carbocycles. The Morgan fingerprint density at radius 3 is 2.05 bits per heavy atom. The van der Waals surface area contributed by atoms with E-state index in [1.165, 1.54) is 0 Å². The summed E-state index contributed by atoms with van der Waals surface area (Å²) in [6.07, 6.45) is -5.67. The minimum absolute atomic E-state index is 0.0165. The Morgan fingerprint density at radius 2 is 1.51 bits per heavy atom. The van der Waals surface area contributed by atoms with Gasteiger partial charge in [0.1, 0.15) is 24.1 Å². The molecule has 0 fully saturated rings. The number of fused-ring (bicyclic) bond motifs is 3. The molecule has 3 aromatic rings. The molecule has 0 aliphatic heterocycles. The van der Waals surface area contributed by atoms with E-state index in [-0.39, 0.29) is 30.9 Å². The normalized spacial score (nSPS) is 13.8. The highest BCUT2D eigenvalue weighted by molar-refractivity contribution is 5.82. The zero-order chi connectivity index (χ0) is 28.4. The molecule has 0 bridgehead atoms. The van der Waals surface area contributed by atoms with Crippen molar-refractivity contribution in [3.8, 4) is 11.1 Å². The second-order valence-electron chi connectivity index (χ2n) is 10.4. The number of aryl methyl sites for hydroxylation is 1. The number of amides is 1. The maximum Gasteiger partial charge on any atom is 0.419 e. The number of benzene rings is 3. The van der Waals surface area contributed by atoms with Crippen molar-refractivity contribution >= 4 is 12.1 Å². The minimum Gasteiger partial charge on any atom is -0.458 e. The molecule has 1 aliphatic rings. The monoisotopic (exact) mass is 543 g/mol. The molecule has 0 saturated heterocycles. The molecule has 5 nitrogen and oxygen atoms in total. The van der Waals surface area contributed by atoms with E-state index in [2.05, 4.69) is 5.32 Å². The van der Waals surface area contributed by atoms with E-state index in [1.54, 1.807) is 20.8 Å². The van der Waals surface area contributed by atoms with Gasteiger partial charge >= 0.3 is 18.2 Å². The van der Waals surface area contributed by atoms with Crippen LogP contribution in [0.15, 0.2) is 66.7 Å². The van der Waals surface area contributed by atoms with Gasteiger partial charge in [-0.3, -0.25) is 0 Å². The zero-order valence-electron chi connectivity index (χ0n) is 21.8. The molecule has 0 saturated carbocycles. The number of rotatable bonds is 7. The predicted octanol–water partition coefficient (Wildman–Crippen LogP) is 7.03. The predicted molar refractivity (Wildman–Crippen MR) is 138 cm³/mol. The summed E-state index contributed by atoms with van der Waals surface area (Å²) in [7, 11) is 0. The number of esters is 1. The molecule has 39 heavy (non-hydrogen) atoms. The Balaban J connectivity index is 1.44. The van der Waals surface area contributed by atoms with Crippen molar-refractivity contribution in [2.45, 2.75) is 57.3 Å². The third kappa shape index (κ3) is 6.77. The maximum atomic E-state index is 14.0. The highest BCUT2D eigenvalue weighted by Crippen LogP contribution is 2.44. The number of ether oxygens (including phenoxy) is 2. The minimum atomic E-state index is -4.81. The van der Waals surface area contributed by atoms with E-state index in [0.717, 1.165) is 34.4 Å². The van der Waals surface area contributed by atoms with Gasteiger partial charge in [0.2, 0.25) is 0 Å². The number of carbonyl (C=O) groups excluding carboxylic acids is 2. The molecule has 4 rings (SSSR count). The van der Waals surface area contributed by atoms with Crippen LogP contribution < -0.4 is 5.32 Å². The lowest BCUT2D eigenvalue weighted by molar-refractivity contribution is -0.157. The molecular formula is C30H29F4NO4. The molecule has 1 N–H and O–H groups in total. The Labute approximate surface area is 224 Å². The average Bonchev–Trinajstić information content (AvgIpc) is 3.17. The largest absolute Gasteiger partial charge is 0.458 e. The van der Waals surface area contributed by atoms with Crippen LogP contribution in [-0.2, 0) is 26.9 Å². The molecule has 0 spiro atoms. The molecular weight excluding hydrogens is 514 g/mol. The summed E-state index contributed by atoms with van der Waals surface area (Å²) in [5, 5.41) is 2.52. The molecule has 1 aliphatic carbocycles. The molecule has 0 radical (unpaired) electrons. The first kappa shape index (κ1) is 28.1. The molecule has 0 aromatic heterocycles. The van der Waals surface area contributed by atoms with Crippen LogP contribution in [0.1, 0.15) is 55.4 Å². The molecule has 9 heteroatoms. The van der Waals surface area contributed by atoms with Gasteiger partial charge in [-0.25, -0.2) is 14.0 Å². The van der Waals surface area contributed by atoms with Crippen molar-refractivity contribution in [2.24, 2.45) is 0 Å². The van der Waals surface area contributed by atoms with Crippen LogP contribution in [0.25, 0.3) is 11.1 Å². The topological polar surface area (TPSA) is 64.6 Å². The third-order valence-electron chi connectivity index (χ3n) is 6.39. The summed E-state index contributed by atoms with van der Waals surface area (Å²) in [5.74, 6) is -2.32. The van der Waals surface area contributed by atoms with Crippen molar-refractivity contribution < 1.29 is 36.6 Å². The van der Waals surface area contributed by atoms with Crippen molar-refractivity contribution in [3.05, 3.63) is 94.8 Å². The van der Waals surface area contributed by atoms with Crippen LogP contribution in [0.2, 0.25) is 0 Å². The number of hydrogen-bond donors (Lipinski definition) is 1. The van der Waals surface area contributed by atoms with Crippen molar-refractivity contribution in [3.63, 3.8) is 0 Å². The van der Waals surface area contributed by atoms with Crippen LogP contribution in [0.4, 0.5) is 22.4 Å². The fourth-order valence-corrected chi connectivity index (χ4v) is 4.66. The fourth-order valence-electron chi connectivity index (χ4n) is 4.66. The highest BCUT2D eigenvalue weighted by Gasteiger charge is 2.34. The van der Waals surface area contributed by atoms with Crippen LogP contribution in [-0.4, -0.2) is 30.3 Å². The first-order valence-corrected chi connectivity index (χ1v) is 12.5. The molecule has 0 heterocycles. The Bertz CT molecular complexity index is 1320. The molecule has 1 unspecified atom stereocenters. The third-order valence-corrected chi connectivity index (χ3v) is 6.39. The van der Waals surface area contributed by atoms with Gasteiger partial charge in [-0.15, -0.1) is 0 Å². The first-order chi connectivity index (χ1) is 18.3. The van der Waals surface area contributed by atoms with Gasteiger partial charge in [-0.05, 0) is 73.6 Å². The molecule has 206 valence electrons. The summed E-state index contributed by atoms with van der Waals surface area (Å²) in [6, 6.07) is 17.1. The van der Waals surface area contributed by atoms with Crippen LogP contribution in [0, 0.1) is 5.82 Å². The number of hydrogen-bond acceptors (Lipinski definition) is 4. The lowest BCUT2D eigenvalue weighted by atomic mass is 9.98. The lowest BCUT2D eigenvalue weighted by Gasteiger charge is -2.25. The number of carbonyl (C=O) groups is 2. The standard InChI is InChI=1S/C30H29F4NO4/c1-29(2,3)39-27(36)26(15-13-18-12-14-24(25(31)16-18)30(32,33)34)35-28(37)38-17-23-21-10-6-4-8-19(21)20-9-5-7-11-22(20)23/h4-12,14,16,23,26H,13,15,17H2,1-3H3,(H,35,37). The van der Waals surface area contributed by atoms with Crippen molar-refractivity contribution in [1.29, 1.82) is 0 Å². The summed E-state index contributed by atoms with van der Waals surface area (Å²) in [4.78, 5) is 25.6. The van der Waals surface area contributed by atoms with Gasteiger partial charge in [0, 0.05) is 5.92 Å². The second-order valence-corrected chi connectivity index (χ2v) is 10.4. The smallest absolute Gasteiger partial charge is 0.419 e. The fraction of sp³-hybridized carbons (Fsp3) is 0.333.